The highest BCUT2D eigenvalue weighted by Gasteiger charge is 2.19. The molecule has 0 aromatic rings. The fraction of sp³-hybridized carbons (Fsp3) is 0.597. The van der Waals surface area contributed by atoms with Crippen molar-refractivity contribution in [2.24, 2.45) is 0 Å². The molecule has 0 fully saturated rings. The van der Waals surface area contributed by atoms with E-state index >= 15 is 0 Å². The molecular weight excluding hydrogens is 901 g/mol. The zero-order valence-electron chi connectivity index (χ0n) is 46.8. The van der Waals surface area contributed by atoms with Crippen LogP contribution in [0.2, 0.25) is 0 Å². The molecule has 0 saturated heterocycles. The summed E-state index contributed by atoms with van der Waals surface area (Å²) in [5.41, 5.74) is 0. The van der Waals surface area contributed by atoms with Gasteiger partial charge in [-0.15, -0.1) is 0 Å². The zero-order chi connectivity index (χ0) is 52.9. The number of hydrogen-bond donors (Lipinski definition) is 0. The maximum atomic E-state index is 12.9. The fourth-order valence-corrected chi connectivity index (χ4v) is 7.47. The summed E-state index contributed by atoms with van der Waals surface area (Å²) in [5.74, 6) is -0.993. The van der Waals surface area contributed by atoms with Crippen molar-refractivity contribution in [3.8, 4) is 0 Å². The first kappa shape index (κ1) is 68.3. The number of hydrogen-bond acceptors (Lipinski definition) is 6. The van der Waals surface area contributed by atoms with Crippen molar-refractivity contribution in [1.29, 1.82) is 0 Å². The molecular formula is C67H106O6. The van der Waals surface area contributed by atoms with Gasteiger partial charge in [-0.3, -0.25) is 14.4 Å². The first-order valence-electron chi connectivity index (χ1n) is 29.3. The van der Waals surface area contributed by atoms with Gasteiger partial charge in [-0.1, -0.05) is 224 Å². The lowest BCUT2D eigenvalue weighted by atomic mass is 10.1. The largest absolute Gasteiger partial charge is 0.462 e. The molecule has 0 rings (SSSR count). The Morgan fingerprint density at radius 1 is 0.288 bits per heavy atom. The van der Waals surface area contributed by atoms with Crippen LogP contribution in [0.25, 0.3) is 0 Å². The van der Waals surface area contributed by atoms with Gasteiger partial charge in [0.1, 0.15) is 13.2 Å². The zero-order valence-corrected chi connectivity index (χ0v) is 46.8. The van der Waals surface area contributed by atoms with Crippen LogP contribution in [0.15, 0.2) is 146 Å². The van der Waals surface area contributed by atoms with Crippen molar-refractivity contribution >= 4 is 17.9 Å². The minimum atomic E-state index is -0.820. The van der Waals surface area contributed by atoms with Crippen LogP contribution in [0.5, 0.6) is 0 Å². The van der Waals surface area contributed by atoms with Gasteiger partial charge in [0.05, 0.1) is 0 Å². The van der Waals surface area contributed by atoms with Crippen LogP contribution >= 0.6 is 0 Å². The SMILES string of the molecule is CC/C=C\C/C=C\C/C=C\C/C=C\C/C=C\C/C=C\CCCCC(=O)OCC(COC(=O)CCCCCCCCC/C=C\C/C=C\CCCCC)OC(=O)CCCCCC/C=C\C/C=C\C/C=C\C/C=C\CC. The van der Waals surface area contributed by atoms with E-state index in [1.54, 1.807) is 0 Å². The molecule has 0 aliphatic carbocycles. The van der Waals surface area contributed by atoms with E-state index in [0.717, 1.165) is 141 Å². The Hall–Kier alpha value is -4.71. The van der Waals surface area contributed by atoms with Crippen molar-refractivity contribution in [1.82, 2.24) is 0 Å². The summed E-state index contributed by atoms with van der Waals surface area (Å²) in [7, 11) is 0. The molecule has 0 aliphatic heterocycles. The molecule has 0 aliphatic rings. The second-order valence-electron chi connectivity index (χ2n) is 18.8. The van der Waals surface area contributed by atoms with Gasteiger partial charge in [-0.2, -0.15) is 0 Å². The molecule has 0 saturated carbocycles. The summed E-state index contributed by atoms with van der Waals surface area (Å²) in [4.78, 5) is 38.2. The molecule has 73 heavy (non-hydrogen) atoms. The third kappa shape index (κ3) is 58.1. The lowest BCUT2D eigenvalue weighted by Gasteiger charge is -2.18. The van der Waals surface area contributed by atoms with Crippen LogP contribution in [0.3, 0.4) is 0 Å². The number of carbonyl (C=O) groups excluding carboxylic acids is 3. The molecule has 0 bridgehead atoms. The summed E-state index contributed by atoms with van der Waals surface area (Å²) in [6.45, 7) is 6.31. The van der Waals surface area contributed by atoms with Crippen molar-refractivity contribution in [3.05, 3.63) is 146 Å². The Morgan fingerprint density at radius 2 is 0.534 bits per heavy atom. The topological polar surface area (TPSA) is 78.9 Å². The lowest BCUT2D eigenvalue weighted by Crippen LogP contribution is -2.30. The van der Waals surface area contributed by atoms with Gasteiger partial charge in [0.15, 0.2) is 6.10 Å². The van der Waals surface area contributed by atoms with E-state index in [-0.39, 0.29) is 44.0 Å². The third-order valence-electron chi connectivity index (χ3n) is 11.8. The molecule has 6 nitrogen and oxygen atoms in total. The smallest absolute Gasteiger partial charge is 0.306 e. The molecule has 0 radical (unpaired) electrons. The monoisotopic (exact) mass is 1010 g/mol. The van der Waals surface area contributed by atoms with Crippen LogP contribution < -0.4 is 0 Å². The number of allylic oxidation sites excluding steroid dienone is 24. The molecule has 0 spiro atoms. The summed E-state index contributed by atoms with van der Waals surface area (Å²) in [6.07, 6.45) is 85.5. The van der Waals surface area contributed by atoms with Gasteiger partial charge in [-0.25, -0.2) is 0 Å². The van der Waals surface area contributed by atoms with E-state index < -0.39 is 6.10 Å². The van der Waals surface area contributed by atoms with Crippen molar-refractivity contribution < 1.29 is 28.6 Å². The standard InChI is InChI=1S/C67H106O6/c1-4-7-10-13-16-19-22-25-28-31-32-33-34-37-39-42-45-48-51-54-57-60-66(69)72-63-64(73-67(70)61-58-55-52-49-46-43-40-36-30-27-24-21-18-15-12-9-6-3)62-71-65(68)59-56-53-50-47-44-41-38-35-29-26-23-20-17-14-11-8-5-2/h7,9-10,12,16-21,25-30,32-33,37,39-40,43,45,48,64H,4-6,8,11,13-15,22-24,31,34-36,38,41-42,44,46-47,49-63H2,1-3H3/b10-7-,12-9-,19-16-,20-17-,21-18-,28-25-,29-26-,30-27-,33-32-,39-37-,43-40-,48-45-. The second kappa shape index (κ2) is 59.8. The average molecular weight is 1010 g/mol. The number of unbranched alkanes of at least 4 members (excludes halogenated alkanes) is 16. The van der Waals surface area contributed by atoms with Gasteiger partial charge < -0.3 is 14.2 Å². The minimum Gasteiger partial charge on any atom is -0.462 e. The van der Waals surface area contributed by atoms with Crippen LogP contribution in [0, 0.1) is 0 Å². The first-order chi connectivity index (χ1) is 36.0. The van der Waals surface area contributed by atoms with Crippen LogP contribution in [0.4, 0.5) is 0 Å². The molecule has 0 aromatic heterocycles. The Kier molecular flexibility index (Phi) is 56.0. The molecule has 410 valence electrons. The van der Waals surface area contributed by atoms with Gasteiger partial charge in [0, 0.05) is 19.3 Å². The molecule has 1 unspecified atom stereocenters. The minimum absolute atomic E-state index is 0.112. The highest BCUT2D eigenvalue weighted by molar-refractivity contribution is 5.71. The van der Waals surface area contributed by atoms with E-state index in [4.69, 9.17) is 14.2 Å². The molecule has 0 heterocycles. The predicted octanol–water partition coefficient (Wildman–Crippen LogP) is 20.0. The van der Waals surface area contributed by atoms with Crippen LogP contribution in [-0.4, -0.2) is 37.2 Å². The number of ether oxygens (including phenoxy) is 3. The third-order valence-corrected chi connectivity index (χ3v) is 11.8. The summed E-state index contributed by atoms with van der Waals surface area (Å²) in [6, 6.07) is 0. The predicted molar refractivity (Wildman–Crippen MR) is 315 cm³/mol. The maximum absolute atomic E-state index is 12.9. The summed E-state index contributed by atoms with van der Waals surface area (Å²) < 4.78 is 16.8. The summed E-state index contributed by atoms with van der Waals surface area (Å²) in [5, 5.41) is 0. The number of rotatable bonds is 51. The van der Waals surface area contributed by atoms with E-state index in [1.807, 2.05) is 0 Å². The number of carbonyl (C=O) groups is 3. The van der Waals surface area contributed by atoms with Gasteiger partial charge in [-0.05, 0) is 141 Å². The first-order valence-corrected chi connectivity index (χ1v) is 29.3. The summed E-state index contributed by atoms with van der Waals surface area (Å²) >= 11 is 0. The van der Waals surface area contributed by atoms with Gasteiger partial charge in [0.25, 0.3) is 0 Å². The van der Waals surface area contributed by atoms with E-state index in [1.165, 1.54) is 51.4 Å². The normalized spacial score (nSPS) is 13.2. The lowest BCUT2D eigenvalue weighted by molar-refractivity contribution is -0.167. The highest BCUT2D eigenvalue weighted by Crippen LogP contribution is 2.13. The second-order valence-corrected chi connectivity index (χ2v) is 18.8. The molecule has 6 heteroatoms. The van der Waals surface area contributed by atoms with Gasteiger partial charge in [0.2, 0.25) is 0 Å². The number of esters is 3. The Balaban J connectivity index is 4.55. The Bertz CT molecular complexity index is 1630. The van der Waals surface area contributed by atoms with Crippen molar-refractivity contribution in [3.63, 3.8) is 0 Å². The van der Waals surface area contributed by atoms with Crippen molar-refractivity contribution in [2.45, 2.75) is 245 Å². The Labute approximate surface area is 448 Å². The van der Waals surface area contributed by atoms with Crippen LogP contribution in [0.1, 0.15) is 239 Å². The van der Waals surface area contributed by atoms with E-state index in [0.29, 0.717) is 12.8 Å². The Morgan fingerprint density at radius 3 is 0.863 bits per heavy atom. The van der Waals surface area contributed by atoms with Crippen molar-refractivity contribution in [2.75, 3.05) is 13.2 Å². The van der Waals surface area contributed by atoms with Crippen LogP contribution in [-0.2, 0) is 28.6 Å². The van der Waals surface area contributed by atoms with E-state index in [9.17, 15) is 14.4 Å². The van der Waals surface area contributed by atoms with E-state index in [2.05, 4.69) is 167 Å². The molecule has 1 atom stereocenters. The quantitative estimate of drug-likeness (QED) is 0.0261. The maximum Gasteiger partial charge on any atom is 0.306 e. The average Bonchev–Trinajstić information content (AvgIpc) is 3.39. The fourth-order valence-electron chi connectivity index (χ4n) is 7.47. The molecule has 0 aromatic carbocycles. The molecule has 0 N–H and O–H groups in total. The van der Waals surface area contributed by atoms with Gasteiger partial charge >= 0.3 is 17.9 Å². The highest BCUT2D eigenvalue weighted by atomic mass is 16.6. The molecule has 0 amide bonds.